The molecule has 0 aliphatic heterocycles. The van der Waals surface area contributed by atoms with Crippen LogP contribution in [0.4, 0.5) is 5.95 Å². The van der Waals surface area contributed by atoms with Gasteiger partial charge in [0, 0.05) is 0 Å². The highest BCUT2D eigenvalue weighted by atomic mass is 16.5. The van der Waals surface area contributed by atoms with Crippen LogP contribution < -0.4 is 10.5 Å². The zero-order valence-corrected chi connectivity index (χ0v) is 12.7. The van der Waals surface area contributed by atoms with Crippen molar-refractivity contribution in [2.24, 2.45) is 5.10 Å². The van der Waals surface area contributed by atoms with Gasteiger partial charge in [0.15, 0.2) is 0 Å². The number of hydrogen-bond acceptors (Lipinski definition) is 4. The summed E-state index contributed by atoms with van der Waals surface area (Å²) in [5.41, 5.74) is 8.59. The summed E-state index contributed by atoms with van der Waals surface area (Å²) in [7, 11) is 0. The van der Waals surface area contributed by atoms with E-state index in [0.717, 1.165) is 29.0 Å². The third kappa shape index (κ3) is 3.85. The molecular weight excluding hydrogens is 276 g/mol. The molecule has 1 aromatic heterocycles. The van der Waals surface area contributed by atoms with Crippen molar-refractivity contribution in [1.82, 2.24) is 9.66 Å². The summed E-state index contributed by atoms with van der Waals surface area (Å²) < 4.78 is 7.18. The van der Waals surface area contributed by atoms with E-state index in [4.69, 9.17) is 10.5 Å². The highest BCUT2D eigenvalue weighted by Gasteiger charge is 2.04. The van der Waals surface area contributed by atoms with Crippen LogP contribution in [0.1, 0.15) is 16.8 Å². The van der Waals surface area contributed by atoms with Crippen molar-refractivity contribution in [1.29, 1.82) is 0 Å². The molecule has 0 saturated carbocycles. The largest absolute Gasteiger partial charge is 0.489 e. The smallest absolute Gasteiger partial charge is 0.221 e. The second-order valence-electron chi connectivity index (χ2n) is 4.79. The van der Waals surface area contributed by atoms with Crippen molar-refractivity contribution in [2.45, 2.75) is 13.3 Å². The first-order valence-corrected chi connectivity index (χ1v) is 6.97. The lowest BCUT2D eigenvalue weighted by molar-refractivity contribution is 0.360. The van der Waals surface area contributed by atoms with Gasteiger partial charge in [-0.05, 0) is 42.7 Å². The third-order valence-electron chi connectivity index (χ3n) is 2.97. The fraction of sp³-hybridized carbons (Fsp3) is 0.176. The van der Waals surface area contributed by atoms with Crippen LogP contribution in [0.15, 0.2) is 54.8 Å². The normalized spacial score (nSPS) is 10.8. The minimum Gasteiger partial charge on any atom is -0.489 e. The van der Waals surface area contributed by atoms with E-state index < -0.39 is 0 Å². The van der Waals surface area contributed by atoms with Gasteiger partial charge >= 0.3 is 0 Å². The van der Waals surface area contributed by atoms with Crippen LogP contribution in [0.2, 0.25) is 0 Å². The fourth-order valence-electron chi connectivity index (χ4n) is 2.01. The molecule has 0 bridgehead atoms. The number of nitrogens with two attached hydrogens (primary N) is 1. The van der Waals surface area contributed by atoms with Crippen LogP contribution in [0.25, 0.3) is 0 Å². The van der Waals surface area contributed by atoms with Crippen LogP contribution in [0.3, 0.4) is 0 Å². The van der Waals surface area contributed by atoms with E-state index in [1.807, 2.05) is 31.2 Å². The third-order valence-corrected chi connectivity index (χ3v) is 2.97. The second kappa shape index (κ2) is 7.26. The molecule has 0 spiro atoms. The van der Waals surface area contributed by atoms with Gasteiger partial charge in [-0.15, -0.1) is 6.58 Å². The molecule has 0 fully saturated rings. The Balaban J connectivity index is 2.24. The Morgan fingerprint density at radius 3 is 2.82 bits per heavy atom. The van der Waals surface area contributed by atoms with Crippen LogP contribution in [-0.4, -0.2) is 22.5 Å². The lowest BCUT2D eigenvalue weighted by atomic mass is 10.1. The van der Waals surface area contributed by atoms with E-state index in [1.54, 1.807) is 23.2 Å². The molecule has 0 atom stereocenters. The molecule has 0 radical (unpaired) electrons. The number of nitrogen functional groups attached to an aromatic ring is 1. The minimum absolute atomic E-state index is 0.367. The van der Waals surface area contributed by atoms with Crippen molar-refractivity contribution in [3.63, 3.8) is 0 Å². The number of imidazole rings is 1. The quantitative estimate of drug-likeness (QED) is 0.631. The van der Waals surface area contributed by atoms with E-state index in [2.05, 4.69) is 23.2 Å². The Labute approximate surface area is 130 Å². The van der Waals surface area contributed by atoms with Gasteiger partial charge in [0.05, 0.1) is 18.1 Å². The first-order valence-electron chi connectivity index (χ1n) is 6.97. The molecule has 0 unspecified atom stereocenters. The summed E-state index contributed by atoms with van der Waals surface area (Å²) in [6, 6.07) is 5.88. The molecule has 114 valence electrons. The molecule has 0 aliphatic carbocycles. The number of hydrogen-bond donors (Lipinski definition) is 1. The Morgan fingerprint density at radius 1 is 1.36 bits per heavy atom. The Kier molecular flexibility index (Phi) is 5.14. The molecular formula is C17H20N4O. The van der Waals surface area contributed by atoms with Crippen LogP contribution in [0.5, 0.6) is 5.75 Å². The van der Waals surface area contributed by atoms with Gasteiger partial charge in [-0.25, -0.2) is 9.66 Å². The van der Waals surface area contributed by atoms with E-state index in [1.165, 1.54) is 0 Å². The first kappa shape index (κ1) is 15.6. The predicted octanol–water partition coefficient (Wildman–Crippen LogP) is 2.95. The molecule has 0 aliphatic rings. The summed E-state index contributed by atoms with van der Waals surface area (Å²) in [6.45, 7) is 9.78. The van der Waals surface area contributed by atoms with Crippen LogP contribution in [0, 0.1) is 6.92 Å². The first-order chi connectivity index (χ1) is 10.6. The number of rotatable bonds is 7. The molecule has 0 saturated heterocycles. The standard InChI is InChI=1S/C17H20N4O/c1-4-6-15-10-14(7-8-16(15)22-9-5-2)11-19-21-12-13(3)20-17(21)18/h4-5,7-8,10-12H,1-2,6,9H2,3H3,(H2,18,20). The molecule has 2 rings (SSSR count). The van der Waals surface area contributed by atoms with E-state index in [0.29, 0.717) is 12.6 Å². The van der Waals surface area contributed by atoms with Gasteiger partial charge in [0.1, 0.15) is 12.4 Å². The number of allylic oxidation sites excluding steroid dienone is 1. The zero-order valence-electron chi connectivity index (χ0n) is 12.7. The topological polar surface area (TPSA) is 65.4 Å². The van der Waals surface area contributed by atoms with Gasteiger partial charge in [-0.3, -0.25) is 0 Å². The molecule has 2 N–H and O–H groups in total. The maximum Gasteiger partial charge on any atom is 0.221 e. The van der Waals surface area contributed by atoms with Crippen LogP contribution >= 0.6 is 0 Å². The number of ether oxygens (including phenoxy) is 1. The zero-order chi connectivity index (χ0) is 15.9. The lowest BCUT2D eigenvalue weighted by Gasteiger charge is -2.09. The van der Waals surface area contributed by atoms with Gasteiger partial charge in [0.2, 0.25) is 5.95 Å². The van der Waals surface area contributed by atoms with Gasteiger partial charge < -0.3 is 10.5 Å². The molecule has 1 heterocycles. The van der Waals surface area contributed by atoms with Crippen molar-refractivity contribution in [3.05, 3.63) is 66.5 Å². The van der Waals surface area contributed by atoms with E-state index >= 15 is 0 Å². The monoisotopic (exact) mass is 296 g/mol. The number of nitrogens with zero attached hydrogens (tertiary/aromatic N) is 3. The number of benzene rings is 1. The SMILES string of the molecule is C=CCOc1ccc(C=Nn2cc(C)nc2N)cc1CC=C. The number of aryl methyl sites for hydroxylation is 1. The Hall–Kier alpha value is -2.82. The van der Waals surface area contributed by atoms with Crippen molar-refractivity contribution in [3.8, 4) is 5.75 Å². The maximum absolute atomic E-state index is 5.76. The van der Waals surface area contributed by atoms with Crippen molar-refractivity contribution < 1.29 is 4.74 Å². The molecule has 5 nitrogen and oxygen atoms in total. The average molecular weight is 296 g/mol. The van der Waals surface area contributed by atoms with Gasteiger partial charge in [-0.1, -0.05) is 18.7 Å². The minimum atomic E-state index is 0.367. The summed E-state index contributed by atoms with van der Waals surface area (Å²) >= 11 is 0. The van der Waals surface area contributed by atoms with E-state index in [9.17, 15) is 0 Å². The fourth-order valence-corrected chi connectivity index (χ4v) is 2.01. The van der Waals surface area contributed by atoms with Crippen molar-refractivity contribution in [2.75, 3.05) is 12.3 Å². The van der Waals surface area contributed by atoms with Gasteiger partial charge in [-0.2, -0.15) is 5.10 Å². The van der Waals surface area contributed by atoms with Crippen molar-refractivity contribution >= 4 is 12.2 Å². The highest BCUT2D eigenvalue weighted by molar-refractivity contribution is 5.80. The second-order valence-corrected chi connectivity index (χ2v) is 4.79. The number of aromatic nitrogens is 2. The molecule has 0 amide bonds. The van der Waals surface area contributed by atoms with Gasteiger partial charge in [0.25, 0.3) is 0 Å². The highest BCUT2D eigenvalue weighted by Crippen LogP contribution is 2.21. The average Bonchev–Trinajstić information content (AvgIpc) is 2.82. The van der Waals surface area contributed by atoms with Crippen LogP contribution in [-0.2, 0) is 6.42 Å². The molecule has 2 aromatic rings. The predicted molar refractivity (Wildman–Crippen MR) is 90.4 cm³/mol. The Morgan fingerprint density at radius 2 is 2.18 bits per heavy atom. The summed E-state index contributed by atoms with van der Waals surface area (Å²) in [5.74, 6) is 1.20. The molecule has 1 aromatic carbocycles. The van der Waals surface area contributed by atoms with E-state index in [-0.39, 0.29) is 0 Å². The molecule has 5 heteroatoms. The maximum atomic E-state index is 5.76. The Bertz CT molecular complexity index is 701. The molecule has 22 heavy (non-hydrogen) atoms. The summed E-state index contributed by atoms with van der Waals surface area (Å²) in [6.07, 6.45) is 7.80. The summed E-state index contributed by atoms with van der Waals surface area (Å²) in [4.78, 5) is 4.10. The summed E-state index contributed by atoms with van der Waals surface area (Å²) in [5, 5.41) is 4.31. The lowest BCUT2D eigenvalue weighted by Crippen LogP contribution is -1.99. The number of anilines is 1.